The van der Waals surface area contributed by atoms with Crippen LogP contribution in [-0.2, 0) is 10.0 Å². The lowest BCUT2D eigenvalue weighted by molar-refractivity contribution is 0.209. The maximum Gasteiger partial charge on any atom is 0.240 e. The van der Waals surface area contributed by atoms with Gasteiger partial charge >= 0.3 is 0 Å². The summed E-state index contributed by atoms with van der Waals surface area (Å²) in [6.45, 7) is 3.67. The third kappa shape index (κ3) is 5.43. The van der Waals surface area contributed by atoms with Crippen molar-refractivity contribution in [2.24, 2.45) is 5.92 Å². The minimum Gasteiger partial charge on any atom is -0.493 e. The second kappa shape index (κ2) is 8.52. The molecule has 1 saturated carbocycles. The lowest BCUT2D eigenvalue weighted by atomic mass is 9.90. The summed E-state index contributed by atoms with van der Waals surface area (Å²) in [5.41, 5.74) is 0. The first-order valence-corrected chi connectivity index (χ1v) is 11.0. The first-order valence-electron chi connectivity index (χ1n) is 9.51. The summed E-state index contributed by atoms with van der Waals surface area (Å²) in [6.07, 6.45) is 8.06. The van der Waals surface area contributed by atoms with Gasteiger partial charge in [0.2, 0.25) is 10.0 Å². The molecule has 1 aliphatic carbocycles. The van der Waals surface area contributed by atoms with Crippen molar-refractivity contribution in [2.75, 3.05) is 13.2 Å². The van der Waals surface area contributed by atoms with Crippen LogP contribution in [0.2, 0.25) is 0 Å². The molecule has 1 heterocycles. The maximum atomic E-state index is 12.6. The monoisotopic (exact) mass is 366 g/mol. The Kier molecular flexibility index (Phi) is 6.36. The lowest BCUT2D eigenvalue weighted by Crippen LogP contribution is -2.46. The molecule has 2 atom stereocenters. The normalized spacial score (nSPS) is 25.6. The molecule has 140 valence electrons. The van der Waals surface area contributed by atoms with Gasteiger partial charge in [-0.25, -0.2) is 13.1 Å². The van der Waals surface area contributed by atoms with Crippen LogP contribution < -0.4 is 14.8 Å². The van der Waals surface area contributed by atoms with E-state index in [1.807, 2.05) is 0 Å². The molecule has 1 aromatic rings. The number of sulfonamides is 1. The first-order chi connectivity index (χ1) is 12.0. The molecule has 1 aliphatic heterocycles. The largest absolute Gasteiger partial charge is 0.493 e. The van der Waals surface area contributed by atoms with Gasteiger partial charge in [-0.15, -0.1) is 0 Å². The molecule has 2 fully saturated rings. The Morgan fingerprint density at radius 1 is 1.12 bits per heavy atom. The average molecular weight is 367 g/mol. The van der Waals surface area contributed by atoms with Gasteiger partial charge in [-0.05, 0) is 69.3 Å². The second-order valence-corrected chi connectivity index (χ2v) is 9.20. The highest BCUT2D eigenvalue weighted by Crippen LogP contribution is 2.25. The van der Waals surface area contributed by atoms with Crippen molar-refractivity contribution in [3.8, 4) is 5.75 Å². The van der Waals surface area contributed by atoms with E-state index in [1.165, 1.54) is 32.1 Å². The van der Waals surface area contributed by atoms with Gasteiger partial charge in [-0.1, -0.05) is 19.3 Å². The first kappa shape index (κ1) is 18.7. The van der Waals surface area contributed by atoms with Gasteiger partial charge < -0.3 is 10.1 Å². The van der Waals surface area contributed by atoms with E-state index in [0.29, 0.717) is 16.9 Å². The molecule has 25 heavy (non-hydrogen) atoms. The number of nitrogens with one attached hydrogen (secondary N) is 2. The molecule has 0 bridgehead atoms. The van der Waals surface area contributed by atoms with Gasteiger partial charge in [0.15, 0.2) is 0 Å². The van der Waals surface area contributed by atoms with Crippen molar-refractivity contribution in [1.29, 1.82) is 0 Å². The summed E-state index contributed by atoms with van der Waals surface area (Å²) < 4.78 is 33.8. The Morgan fingerprint density at radius 3 is 2.52 bits per heavy atom. The molecule has 0 radical (unpaired) electrons. The second-order valence-electron chi connectivity index (χ2n) is 7.48. The summed E-state index contributed by atoms with van der Waals surface area (Å²) in [7, 11) is -3.47. The number of hydrogen-bond acceptors (Lipinski definition) is 4. The summed E-state index contributed by atoms with van der Waals surface area (Å²) >= 11 is 0. The van der Waals surface area contributed by atoms with Crippen LogP contribution in [0.15, 0.2) is 29.2 Å². The van der Waals surface area contributed by atoms with Gasteiger partial charge in [-0.3, -0.25) is 0 Å². The van der Waals surface area contributed by atoms with Crippen molar-refractivity contribution >= 4 is 10.0 Å². The smallest absolute Gasteiger partial charge is 0.240 e. The van der Waals surface area contributed by atoms with Crippen molar-refractivity contribution in [3.63, 3.8) is 0 Å². The van der Waals surface area contributed by atoms with E-state index in [4.69, 9.17) is 4.74 Å². The van der Waals surface area contributed by atoms with Crippen LogP contribution in [0.25, 0.3) is 0 Å². The average Bonchev–Trinajstić information content (AvgIpc) is 2.61. The molecule has 0 spiro atoms. The topological polar surface area (TPSA) is 67.4 Å². The molecule has 3 rings (SSSR count). The van der Waals surface area contributed by atoms with Crippen LogP contribution in [0.4, 0.5) is 0 Å². The predicted octanol–water partition coefficient (Wildman–Crippen LogP) is 3.06. The highest BCUT2D eigenvalue weighted by Gasteiger charge is 2.24. The van der Waals surface area contributed by atoms with E-state index in [-0.39, 0.29) is 6.04 Å². The van der Waals surface area contributed by atoms with Gasteiger partial charge in [-0.2, -0.15) is 0 Å². The zero-order valence-corrected chi connectivity index (χ0v) is 15.9. The lowest BCUT2D eigenvalue weighted by Gasteiger charge is -2.28. The Balaban J connectivity index is 1.55. The van der Waals surface area contributed by atoms with Gasteiger partial charge in [0.25, 0.3) is 0 Å². The van der Waals surface area contributed by atoms with Crippen LogP contribution >= 0.6 is 0 Å². The van der Waals surface area contributed by atoms with Crippen LogP contribution in [0, 0.1) is 5.92 Å². The SMILES string of the molecule is CC1CC(NS(=O)(=O)c2ccc(OCC3CCCCC3)cc2)CCN1. The molecule has 0 amide bonds. The fourth-order valence-electron chi connectivity index (χ4n) is 3.81. The molecule has 6 heteroatoms. The minimum absolute atomic E-state index is 0.00322. The molecule has 2 unspecified atom stereocenters. The fourth-order valence-corrected chi connectivity index (χ4v) is 5.09. The summed E-state index contributed by atoms with van der Waals surface area (Å²) in [6, 6.07) is 7.16. The molecular formula is C19H30N2O3S. The molecule has 5 nitrogen and oxygen atoms in total. The van der Waals surface area contributed by atoms with E-state index >= 15 is 0 Å². The molecule has 1 aromatic carbocycles. The zero-order chi connectivity index (χ0) is 17.7. The Morgan fingerprint density at radius 2 is 1.84 bits per heavy atom. The molecule has 1 saturated heterocycles. The Hall–Kier alpha value is -1.11. The molecule has 2 aliphatic rings. The maximum absolute atomic E-state index is 12.6. The van der Waals surface area contributed by atoms with Crippen molar-refractivity contribution < 1.29 is 13.2 Å². The van der Waals surface area contributed by atoms with Crippen LogP contribution in [0.1, 0.15) is 51.9 Å². The Bertz CT molecular complexity index is 639. The highest BCUT2D eigenvalue weighted by molar-refractivity contribution is 7.89. The van der Waals surface area contributed by atoms with Crippen LogP contribution in [-0.4, -0.2) is 33.7 Å². The van der Waals surface area contributed by atoms with Crippen LogP contribution in [0.3, 0.4) is 0 Å². The minimum atomic E-state index is -3.47. The predicted molar refractivity (Wildman–Crippen MR) is 99.3 cm³/mol. The van der Waals surface area contributed by atoms with Crippen LogP contribution in [0.5, 0.6) is 5.75 Å². The number of hydrogen-bond donors (Lipinski definition) is 2. The Labute approximate surface area is 151 Å². The summed E-state index contributed by atoms with van der Waals surface area (Å²) in [4.78, 5) is 0.309. The molecule has 0 aromatic heterocycles. The van der Waals surface area contributed by atoms with E-state index < -0.39 is 10.0 Å². The summed E-state index contributed by atoms with van der Waals surface area (Å²) in [5.74, 6) is 1.39. The third-order valence-electron chi connectivity index (χ3n) is 5.29. The number of ether oxygens (including phenoxy) is 1. The van der Waals surface area contributed by atoms with Gasteiger partial charge in [0.05, 0.1) is 11.5 Å². The van der Waals surface area contributed by atoms with E-state index in [1.54, 1.807) is 24.3 Å². The van der Waals surface area contributed by atoms with E-state index in [0.717, 1.165) is 31.7 Å². The standard InChI is InChI=1S/C19H30N2O3S/c1-15-13-17(11-12-20-15)21-25(22,23)19-9-7-18(8-10-19)24-14-16-5-3-2-4-6-16/h7-10,15-17,20-21H,2-6,11-14H2,1H3. The van der Waals surface area contributed by atoms with Gasteiger partial charge in [0.1, 0.15) is 5.75 Å². The number of rotatable bonds is 6. The highest BCUT2D eigenvalue weighted by atomic mass is 32.2. The number of benzene rings is 1. The quantitative estimate of drug-likeness (QED) is 0.812. The number of piperidine rings is 1. The van der Waals surface area contributed by atoms with E-state index in [9.17, 15) is 8.42 Å². The third-order valence-corrected chi connectivity index (χ3v) is 6.83. The molecular weight excluding hydrogens is 336 g/mol. The van der Waals surface area contributed by atoms with E-state index in [2.05, 4.69) is 17.0 Å². The summed E-state index contributed by atoms with van der Waals surface area (Å²) in [5, 5.41) is 3.33. The molecule has 2 N–H and O–H groups in total. The van der Waals surface area contributed by atoms with Gasteiger partial charge in [0, 0.05) is 12.1 Å². The van der Waals surface area contributed by atoms with Crippen molar-refractivity contribution in [2.45, 2.75) is 68.8 Å². The zero-order valence-electron chi connectivity index (χ0n) is 15.0. The van der Waals surface area contributed by atoms with Crippen molar-refractivity contribution in [3.05, 3.63) is 24.3 Å². The fraction of sp³-hybridized carbons (Fsp3) is 0.684. The van der Waals surface area contributed by atoms with Crippen molar-refractivity contribution in [1.82, 2.24) is 10.0 Å².